The van der Waals surface area contributed by atoms with E-state index in [9.17, 15) is 16.8 Å². The molecule has 2 saturated heterocycles. The average molecular weight is 423 g/mol. The molecule has 7 nitrogen and oxygen atoms in total. The number of sulfone groups is 1. The van der Waals surface area contributed by atoms with Crippen LogP contribution in [0.2, 0.25) is 0 Å². The highest BCUT2D eigenvalue weighted by molar-refractivity contribution is 7.92. The van der Waals surface area contributed by atoms with E-state index in [4.69, 9.17) is 4.74 Å². The molecule has 28 heavy (non-hydrogen) atoms. The summed E-state index contributed by atoms with van der Waals surface area (Å²) in [5.41, 5.74) is 0.954. The molecule has 0 bridgehead atoms. The summed E-state index contributed by atoms with van der Waals surface area (Å²) >= 11 is 0. The van der Waals surface area contributed by atoms with Gasteiger partial charge in [-0.1, -0.05) is 18.2 Å². The fourth-order valence-corrected chi connectivity index (χ4v) is 6.79. The minimum Gasteiger partial charge on any atom is -0.378 e. The smallest absolute Gasteiger partial charge is 0.243 e. The number of anilines is 1. The molecule has 0 unspecified atom stereocenters. The summed E-state index contributed by atoms with van der Waals surface area (Å²) in [6.07, 6.45) is 0. The Kier molecular flexibility index (Phi) is 5.17. The van der Waals surface area contributed by atoms with Crippen molar-refractivity contribution in [3.8, 4) is 0 Å². The van der Waals surface area contributed by atoms with Crippen LogP contribution in [-0.2, 0) is 24.6 Å². The lowest BCUT2D eigenvalue weighted by molar-refractivity contribution is 0.122. The van der Waals surface area contributed by atoms with Crippen molar-refractivity contribution in [1.82, 2.24) is 4.31 Å². The molecule has 0 spiro atoms. The molecule has 150 valence electrons. The van der Waals surface area contributed by atoms with Gasteiger partial charge >= 0.3 is 0 Å². The molecule has 4 rings (SSSR count). The molecule has 0 saturated carbocycles. The lowest BCUT2D eigenvalue weighted by atomic mass is 10.2. The van der Waals surface area contributed by atoms with E-state index in [2.05, 4.69) is 4.90 Å². The zero-order valence-electron chi connectivity index (χ0n) is 15.3. The number of ether oxygens (including phenoxy) is 1. The highest BCUT2D eigenvalue weighted by atomic mass is 32.2. The van der Waals surface area contributed by atoms with E-state index >= 15 is 0 Å². The van der Waals surface area contributed by atoms with Crippen LogP contribution in [0.5, 0.6) is 0 Å². The number of benzene rings is 2. The van der Waals surface area contributed by atoms with Crippen molar-refractivity contribution < 1.29 is 21.6 Å². The van der Waals surface area contributed by atoms with Gasteiger partial charge in [0.1, 0.15) is 0 Å². The summed E-state index contributed by atoms with van der Waals surface area (Å²) in [7, 11) is -7.22. The highest BCUT2D eigenvalue weighted by Crippen LogP contribution is 2.29. The van der Waals surface area contributed by atoms with Crippen molar-refractivity contribution in [1.29, 1.82) is 0 Å². The Morgan fingerprint density at radius 3 is 2.00 bits per heavy atom. The van der Waals surface area contributed by atoms with Gasteiger partial charge in [0.05, 0.1) is 28.3 Å². The molecule has 0 aromatic heterocycles. The summed E-state index contributed by atoms with van der Waals surface area (Å²) in [6, 6.07) is 14.9. The third-order valence-electron chi connectivity index (χ3n) is 5.18. The van der Waals surface area contributed by atoms with Gasteiger partial charge in [-0.3, -0.25) is 0 Å². The van der Waals surface area contributed by atoms with Crippen molar-refractivity contribution in [3.63, 3.8) is 0 Å². The van der Waals surface area contributed by atoms with Gasteiger partial charge in [-0.25, -0.2) is 16.8 Å². The molecule has 0 aliphatic carbocycles. The van der Waals surface area contributed by atoms with Gasteiger partial charge in [-0.05, 0) is 36.4 Å². The Morgan fingerprint density at radius 1 is 0.786 bits per heavy atom. The van der Waals surface area contributed by atoms with Gasteiger partial charge in [-0.15, -0.1) is 0 Å². The Balaban J connectivity index is 1.45. The van der Waals surface area contributed by atoms with E-state index in [0.717, 1.165) is 18.8 Å². The molecule has 2 aromatic carbocycles. The molecule has 2 aromatic rings. The lowest BCUT2D eigenvalue weighted by Crippen LogP contribution is -2.56. The molecule has 0 N–H and O–H groups in total. The van der Waals surface area contributed by atoms with Crippen LogP contribution in [0.3, 0.4) is 0 Å². The zero-order chi connectivity index (χ0) is 19.8. The van der Waals surface area contributed by atoms with Crippen LogP contribution >= 0.6 is 0 Å². The van der Waals surface area contributed by atoms with Gasteiger partial charge in [0.2, 0.25) is 10.0 Å². The van der Waals surface area contributed by atoms with Crippen LogP contribution in [0.15, 0.2) is 64.4 Å². The summed E-state index contributed by atoms with van der Waals surface area (Å²) in [5, 5.41) is -0.711. The predicted octanol–water partition coefficient (Wildman–Crippen LogP) is 1.37. The fourth-order valence-electron chi connectivity index (χ4n) is 3.40. The van der Waals surface area contributed by atoms with E-state index in [-0.39, 0.29) is 22.9 Å². The van der Waals surface area contributed by atoms with Crippen LogP contribution in [0.1, 0.15) is 0 Å². The molecular weight excluding hydrogens is 400 g/mol. The Labute approximate surface area is 165 Å². The quantitative estimate of drug-likeness (QED) is 0.724. The first kappa shape index (κ1) is 19.4. The molecule has 9 heteroatoms. The lowest BCUT2D eigenvalue weighted by Gasteiger charge is -2.37. The van der Waals surface area contributed by atoms with Crippen LogP contribution in [-0.4, -0.2) is 65.8 Å². The summed E-state index contributed by atoms with van der Waals surface area (Å²) in [5.74, 6) is 0. The topological polar surface area (TPSA) is 84.0 Å². The summed E-state index contributed by atoms with van der Waals surface area (Å²) < 4.78 is 57.4. The largest absolute Gasteiger partial charge is 0.378 e. The molecule has 2 fully saturated rings. The normalized spacial score (nSPS) is 19.4. The first-order valence-corrected chi connectivity index (χ1v) is 12.1. The fraction of sp³-hybridized carbons (Fsp3) is 0.368. The second-order valence-electron chi connectivity index (χ2n) is 6.90. The van der Waals surface area contributed by atoms with Crippen LogP contribution < -0.4 is 4.90 Å². The van der Waals surface area contributed by atoms with Gasteiger partial charge in [0, 0.05) is 31.9 Å². The third kappa shape index (κ3) is 3.55. The molecule has 0 amide bonds. The molecular formula is C19H22N2O5S2. The maximum Gasteiger partial charge on any atom is 0.243 e. The Bertz CT molecular complexity index is 1030. The van der Waals surface area contributed by atoms with Crippen LogP contribution in [0, 0.1) is 0 Å². The number of hydrogen-bond acceptors (Lipinski definition) is 6. The summed E-state index contributed by atoms with van der Waals surface area (Å²) in [6.45, 7) is 2.82. The average Bonchev–Trinajstić information content (AvgIpc) is 2.68. The molecule has 2 aliphatic rings. The van der Waals surface area contributed by atoms with Gasteiger partial charge in [0.15, 0.2) is 9.84 Å². The van der Waals surface area contributed by atoms with Crippen molar-refractivity contribution in [2.45, 2.75) is 15.0 Å². The molecule has 2 heterocycles. The monoisotopic (exact) mass is 422 g/mol. The van der Waals surface area contributed by atoms with Crippen molar-refractivity contribution in [2.75, 3.05) is 44.3 Å². The third-order valence-corrected chi connectivity index (χ3v) is 9.13. The van der Waals surface area contributed by atoms with Gasteiger partial charge in [0.25, 0.3) is 0 Å². The Morgan fingerprint density at radius 2 is 1.39 bits per heavy atom. The minimum atomic E-state index is -3.70. The highest BCUT2D eigenvalue weighted by Gasteiger charge is 2.44. The van der Waals surface area contributed by atoms with Crippen LogP contribution in [0.4, 0.5) is 5.69 Å². The van der Waals surface area contributed by atoms with E-state index in [0.29, 0.717) is 13.2 Å². The maximum absolute atomic E-state index is 12.8. The zero-order valence-corrected chi connectivity index (χ0v) is 16.9. The maximum atomic E-state index is 12.8. The molecule has 2 aliphatic heterocycles. The minimum absolute atomic E-state index is 0.0230. The number of sulfonamides is 1. The Hall–Kier alpha value is -1.94. The van der Waals surface area contributed by atoms with E-state index < -0.39 is 25.1 Å². The number of nitrogens with zero attached hydrogens (tertiary/aromatic N) is 2. The number of hydrogen-bond donors (Lipinski definition) is 0. The summed E-state index contributed by atoms with van der Waals surface area (Å²) in [4.78, 5) is 2.55. The molecule has 0 radical (unpaired) electrons. The predicted molar refractivity (Wildman–Crippen MR) is 106 cm³/mol. The van der Waals surface area contributed by atoms with Crippen molar-refractivity contribution >= 4 is 25.5 Å². The van der Waals surface area contributed by atoms with E-state index in [1.165, 1.54) is 16.4 Å². The van der Waals surface area contributed by atoms with Gasteiger partial charge < -0.3 is 9.64 Å². The van der Waals surface area contributed by atoms with Crippen molar-refractivity contribution in [2.24, 2.45) is 0 Å². The second kappa shape index (κ2) is 7.47. The SMILES string of the molecule is O=S(=O)(c1ccccc1)C1CN(S(=O)(=O)c2ccc(N3CCOCC3)cc2)C1. The number of rotatable bonds is 5. The standard InChI is InChI=1S/C19H22N2O5S2/c22-27(23,17-4-2-1-3-5-17)19-14-21(15-19)28(24,25)18-8-6-16(7-9-18)20-10-12-26-13-11-20/h1-9,19H,10-15H2. The van der Waals surface area contributed by atoms with Crippen molar-refractivity contribution in [3.05, 3.63) is 54.6 Å². The van der Waals surface area contributed by atoms with E-state index in [1.807, 2.05) is 0 Å². The van der Waals surface area contributed by atoms with E-state index in [1.54, 1.807) is 42.5 Å². The second-order valence-corrected chi connectivity index (χ2v) is 11.1. The van der Waals surface area contributed by atoms with Gasteiger partial charge in [-0.2, -0.15) is 4.31 Å². The molecule has 0 atom stereocenters. The first-order chi connectivity index (χ1) is 13.4. The number of morpholine rings is 1. The first-order valence-electron chi connectivity index (χ1n) is 9.11. The van der Waals surface area contributed by atoms with Crippen LogP contribution in [0.25, 0.3) is 0 Å².